The number of methoxy groups -OCH3 is 2. The lowest BCUT2D eigenvalue weighted by molar-refractivity contribution is 0.103. The highest BCUT2D eigenvalue weighted by Crippen LogP contribution is 2.31. The first-order valence-electron chi connectivity index (χ1n) is 6.52. The standard InChI is InChI=1S/C17H17FO3/c1-10-8-12(9-11(2)16(10)18)17(19)15-13(20-3)6-5-7-14(15)21-4/h5-9H,1-4H3. The van der Waals surface area contributed by atoms with Gasteiger partial charge in [0, 0.05) is 5.56 Å². The van der Waals surface area contributed by atoms with Crippen molar-refractivity contribution in [3.63, 3.8) is 0 Å². The van der Waals surface area contributed by atoms with Gasteiger partial charge in [-0.25, -0.2) is 4.39 Å². The van der Waals surface area contributed by atoms with Crippen LogP contribution in [0.4, 0.5) is 4.39 Å². The van der Waals surface area contributed by atoms with E-state index in [-0.39, 0.29) is 11.6 Å². The van der Waals surface area contributed by atoms with Gasteiger partial charge in [0.25, 0.3) is 0 Å². The van der Waals surface area contributed by atoms with Crippen molar-refractivity contribution in [1.29, 1.82) is 0 Å². The molecule has 0 atom stereocenters. The van der Waals surface area contributed by atoms with Crippen LogP contribution in [0, 0.1) is 19.7 Å². The molecule has 0 N–H and O–H groups in total. The predicted octanol–water partition coefficient (Wildman–Crippen LogP) is 3.69. The summed E-state index contributed by atoms with van der Waals surface area (Å²) in [6.45, 7) is 3.27. The summed E-state index contributed by atoms with van der Waals surface area (Å²) in [6.07, 6.45) is 0. The van der Waals surface area contributed by atoms with Crippen LogP contribution in [0.15, 0.2) is 30.3 Å². The molecule has 0 fully saturated rings. The first-order valence-corrected chi connectivity index (χ1v) is 6.52. The zero-order chi connectivity index (χ0) is 15.6. The smallest absolute Gasteiger partial charge is 0.200 e. The molecule has 2 rings (SSSR count). The van der Waals surface area contributed by atoms with Crippen molar-refractivity contribution in [2.24, 2.45) is 0 Å². The number of rotatable bonds is 4. The zero-order valence-corrected chi connectivity index (χ0v) is 12.5. The van der Waals surface area contributed by atoms with E-state index in [2.05, 4.69) is 0 Å². The highest BCUT2D eigenvalue weighted by molar-refractivity contribution is 6.12. The van der Waals surface area contributed by atoms with Crippen LogP contribution in [-0.4, -0.2) is 20.0 Å². The largest absolute Gasteiger partial charge is 0.496 e. The van der Waals surface area contributed by atoms with Gasteiger partial charge in [-0.2, -0.15) is 0 Å². The quantitative estimate of drug-likeness (QED) is 0.805. The molecular formula is C17H17FO3. The number of benzene rings is 2. The maximum atomic E-state index is 13.7. The van der Waals surface area contributed by atoms with Gasteiger partial charge in [-0.05, 0) is 49.2 Å². The van der Waals surface area contributed by atoms with Crippen LogP contribution in [0.1, 0.15) is 27.0 Å². The van der Waals surface area contributed by atoms with Crippen LogP contribution >= 0.6 is 0 Å². The Morgan fingerprint density at radius 3 is 1.90 bits per heavy atom. The van der Waals surface area contributed by atoms with Crippen molar-refractivity contribution < 1.29 is 18.7 Å². The first kappa shape index (κ1) is 15.0. The fourth-order valence-corrected chi connectivity index (χ4v) is 2.30. The molecule has 0 spiro atoms. The van der Waals surface area contributed by atoms with E-state index in [0.717, 1.165) is 0 Å². The van der Waals surface area contributed by atoms with Gasteiger partial charge in [-0.1, -0.05) is 6.07 Å². The Bertz CT molecular complexity index is 647. The third-order valence-corrected chi connectivity index (χ3v) is 3.35. The average molecular weight is 288 g/mol. The van der Waals surface area contributed by atoms with Gasteiger partial charge < -0.3 is 9.47 Å². The van der Waals surface area contributed by atoms with E-state index in [1.54, 1.807) is 32.0 Å². The molecular weight excluding hydrogens is 271 g/mol. The summed E-state index contributed by atoms with van der Waals surface area (Å²) in [4.78, 5) is 12.7. The summed E-state index contributed by atoms with van der Waals surface area (Å²) in [5.74, 6) is 0.312. The lowest BCUT2D eigenvalue weighted by Crippen LogP contribution is -2.08. The number of hydrogen-bond acceptors (Lipinski definition) is 3. The molecule has 0 heterocycles. The fourth-order valence-electron chi connectivity index (χ4n) is 2.30. The second-order valence-electron chi connectivity index (χ2n) is 4.79. The summed E-state index contributed by atoms with van der Waals surface area (Å²) in [5.41, 5.74) is 1.63. The summed E-state index contributed by atoms with van der Waals surface area (Å²) >= 11 is 0. The number of ether oxygens (including phenoxy) is 2. The number of ketones is 1. The van der Waals surface area contributed by atoms with Crippen LogP contribution in [0.5, 0.6) is 11.5 Å². The molecule has 2 aromatic rings. The van der Waals surface area contributed by atoms with Gasteiger partial charge in [-0.15, -0.1) is 0 Å². The Kier molecular flexibility index (Phi) is 4.26. The lowest BCUT2D eigenvalue weighted by Gasteiger charge is -2.13. The third kappa shape index (κ3) is 2.75. The molecule has 0 aliphatic heterocycles. The van der Waals surface area contributed by atoms with Crippen LogP contribution < -0.4 is 9.47 Å². The molecule has 4 heteroatoms. The summed E-state index contributed by atoms with van der Waals surface area (Å²) in [6, 6.07) is 8.21. The topological polar surface area (TPSA) is 35.5 Å². The van der Waals surface area contributed by atoms with Crippen LogP contribution in [-0.2, 0) is 0 Å². The molecule has 0 aromatic heterocycles. The van der Waals surface area contributed by atoms with Crippen molar-refractivity contribution in [3.8, 4) is 11.5 Å². The maximum Gasteiger partial charge on any atom is 0.200 e. The molecule has 0 unspecified atom stereocenters. The Labute approximate surface area is 123 Å². The van der Waals surface area contributed by atoms with Gasteiger partial charge in [-0.3, -0.25) is 4.79 Å². The average Bonchev–Trinajstić information content (AvgIpc) is 2.50. The minimum atomic E-state index is -0.293. The molecule has 0 aliphatic rings. The van der Waals surface area contributed by atoms with Crippen molar-refractivity contribution >= 4 is 5.78 Å². The second-order valence-corrected chi connectivity index (χ2v) is 4.79. The molecule has 3 nitrogen and oxygen atoms in total. The SMILES string of the molecule is COc1cccc(OC)c1C(=O)c1cc(C)c(F)c(C)c1. The number of carbonyl (C=O) groups excluding carboxylic acids is 1. The third-order valence-electron chi connectivity index (χ3n) is 3.35. The zero-order valence-electron chi connectivity index (χ0n) is 12.5. The fraction of sp³-hybridized carbons (Fsp3) is 0.235. The summed E-state index contributed by atoms with van der Waals surface area (Å²) < 4.78 is 24.2. The van der Waals surface area contributed by atoms with Crippen LogP contribution in [0.3, 0.4) is 0 Å². The van der Waals surface area contributed by atoms with Gasteiger partial charge >= 0.3 is 0 Å². The van der Waals surface area contributed by atoms with Crippen molar-refractivity contribution in [2.45, 2.75) is 13.8 Å². The van der Waals surface area contributed by atoms with Crippen molar-refractivity contribution in [2.75, 3.05) is 14.2 Å². The molecule has 0 radical (unpaired) electrons. The molecule has 0 saturated carbocycles. The van der Waals surface area contributed by atoms with Crippen LogP contribution in [0.2, 0.25) is 0 Å². The van der Waals surface area contributed by atoms with E-state index < -0.39 is 0 Å². The highest BCUT2D eigenvalue weighted by Gasteiger charge is 2.21. The van der Waals surface area contributed by atoms with Crippen molar-refractivity contribution in [3.05, 3.63) is 58.4 Å². The Hall–Kier alpha value is -2.36. The van der Waals surface area contributed by atoms with E-state index in [1.807, 2.05) is 0 Å². The van der Waals surface area contributed by atoms with E-state index in [4.69, 9.17) is 9.47 Å². The normalized spacial score (nSPS) is 10.3. The molecule has 0 aliphatic carbocycles. The van der Waals surface area contributed by atoms with E-state index >= 15 is 0 Å². The van der Waals surface area contributed by atoms with E-state index in [0.29, 0.717) is 33.8 Å². The van der Waals surface area contributed by atoms with Gasteiger partial charge in [0.2, 0.25) is 5.78 Å². The Morgan fingerprint density at radius 1 is 1.00 bits per heavy atom. The van der Waals surface area contributed by atoms with Crippen molar-refractivity contribution in [1.82, 2.24) is 0 Å². The number of aryl methyl sites for hydroxylation is 2. The van der Waals surface area contributed by atoms with Gasteiger partial charge in [0.05, 0.1) is 14.2 Å². The van der Waals surface area contributed by atoms with E-state index in [1.165, 1.54) is 26.4 Å². The van der Waals surface area contributed by atoms with Crippen LogP contribution in [0.25, 0.3) is 0 Å². The minimum Gasteiger partial charge on any atom is -0.496 e. The first-order chi connectivity index (χ1) is 9.99. The molecule has 0 amide bonds. The minimum absolute atomic E-state index is 0.254. The summed E-state index contributed by atoms with van der Waals surface area (Å²) in [7, 11) is 2.99. The Morgan fingerprint density at radius 2 is 1.48 bits per heavy atom. The van der Waals surface area contributed by atoms with E-state index in [9.17, 15) is 9.18 Å². The lowest BCUT2D eigenvalue weighted by atomic mass is 9.97. The number of carbonyl (C=O) groups is 1. The number of hydrogen-bond donors (Lipinski definition) is 0. The van der Waals surface area contributed by atoms with Gasteiger partial charge in [0.15, 0.2) is 0 Å². The molecule has 0 bridgehead atoms. The highest BCUT2D eigenvalue weighted by atomic mass is 19.1. The Balaban J connectivity index is 2.60. The molecule has 2 aromatic carbocycles. The maximum absolute atomic E-state index is 13.7. The number of halogens is 1. The summed E-state index contributed by atoms with van der Waals surface area (Å²) in [5, 5.41) is 0. The molecule has 21 heavy (non-hydrogen) atoms. The molecule has 0 saturated heterocycles. The van der Waals surface area contributed by atoms with Gasteiger partial charge in [0.1, 0.15) is 22.9 Å². The predicted molar refractivity (Wildman–Crippen MR) is 78.9 cm³/mol. The second kappa shape index (κ2) is 5.95. The molecule has 110 valence electrons. The monoisotopic (exact) mass is 288 g/mol.